The van der Waals surface area contributed by atoms with Crippen LogP contribution in [0.1, 0.15) is 18.1 Å². The minimum absolute atomic E-state index is 0.0813. The Bertz CT molecular complexity index is 795. The quantitative estimate of drug-likeness (QED) is 0.781. The molecule has 27 heavy (non-hydrogen) atoms. The van der Waals surface area contributed by atoms with Crippen molar-refractivity contribution in [3.63, 3.8) is 0 Å². The first-order chi connectivity index (χ1) is 13.1. The molecule has 1 heterocycles. The van der Waals surface area contributed by atoms with Gasteiger partial charge in [-0.2, -0.15) is 0 Å². The number of benzene rings is 2. The molecule has 0 atom stereocenters. The summed E-state index contributed by atoms with van der Waals surface area (Å²) in [5.74, 6) is 1.47. The molecule has 0 saturated carbocycles. The number of nitrogens with one attached hydrogen (secondary N) is 1. The number of carbonyl (C=O) groups excluding carboxylic acids is 1. The lowest BCUT2D eigenvalue weighted by molar-refractivity contribution is -0.117. The van der Waals surface area contributed by atoms with Gasteiger partial charge in [0.15, 0.2) is 6.79 Å². The van der Waals surface area contributed by atoms with Gasteiger partial charge < -0.3 is 19.5 Å². The van der Waals surface area contributed by atoms with Crippen LogP contribution < -0.4 is 14.8 Å². The average Bonchev–Trinajstić information content (AvgIpc) is 2.67. The number of carbonyl (C=O) groups is 1. The van der Waals surface area contributed by atoms with Crippen LogP contribution in [0.15, 0.2) is 36.4 Å². The predicted molar refractivity (Wildman–Crippen MR) is 104 cm³/mol. The van der Waals surface area contributed by atoms with Crippen LogP contribution in [0, 0.1) is 0 Å². The van der Waals surface area contributed by atoms with Crippen LogP contribution in [0.3, 0.4) is 0 Å². The first-order valence-corrected chi connectivity index (χ1v) is 9.15. The van der Waals surface area contributed by atoms with Gasteiger partial charge in [0, 0.05) is 28.4 Å². The van der Waals surface area contributed by atoms with Crippen LogP contribution in [-0.4, -0.2) is 37.8 Å². The third-order valence-electron chi connectivity index (χ3n) is 4.33. The minimum Gasteiger partial charge on any atom is -0.497 e. The number of fused-ring (bicyclic) bond motifs is 1. The largest absolute Gasteiger partial charge is 0.497 e. The van der Waals surface area contributed by atoms with Crippen LogP contribution in [-0.2, 0) is 22.7 Å². The van der Waals surface area contributed by atoms with E-state index in [1.54, 1.807) is 7.11 Å². The predicted octanol–water partition coefficient (Wildman–Crippen LogP) is 3.68. The van der Waals surface area contributed by atoms with Gasteiger partial charge in [0.25, 0.3) is 0 Å². The highest BCUT2D eigenvalue weighted by atomic mass is 35.5. The van der Waals surface area contributed by atoms with E-state index in [9.17, 15) is 4.79 Å². The number of hydrogen-bond acceptors (Lipinski definition) is 5. The van der Waals surface area contributed by atoms with Crippen LogP contribution in [0.5, 0.6) is 11.5 Å². The Labute approximate surface area is 164 Å². The molecule has 0 spiro atoms. The van der Waals surface area contributed by atoms with Crippen molar-refractivity contribution in [3.05, 3.63) is 52.5 Å². The number of hydrogen-bond donors (Lipinski definition) is 1. The number of nitrogens with zero attached hydrogens (tertiary/aromatic N) is 1. The standard InChI is InChI=1S/C20H23ClN2O4/c1-3-23(11-19(24)22-17-4-6-18(25-2)7-5-17)10-14-8-16(21)9-15-12-26-13-27-20(14)15/h4-9H,3,10-13H2,1-2H3,(H,22,24). The highest BCUT2D eigenvalue weighted by Crippen LogP contribution is 2.32. The molecule has 3 rings (SSSR count). The van der Waals surface area contributed by atoms with E-state index in [4.69, 9.17) is 25.8 Å². The zero-order valence-corrected chi connectivity index (χ0v) is 16.2. The van der Waals surface area contributed by atoms with E-state index in [2.05, 4.69) is 5.32 Å². The maximum absolute atomic E-state index is 12.4. The molecule has 1 amide bonds. The number of methoxy groups -OCH3 is 1. The summed E-state index contributed by atoms with van der Waals surface area (Å²) in [5, 5.41) is 3.54. The van der Waals surface area contributed by atoms with E-state index in [0.29, 0.717) is 24.7 Å². The minimum atomic E-state index is -0.0813. The molecule has 0 fully saturated rings. The summed E-state index contributed by atoms with van der Waals surface area (Å²) >= 11 is 6.23. The second kappa shape index (κ2) is 9.08. The molecule has 7 heteroatoms. The zero-order valence-electron chi connectivity index (χ0n) is 15.5. The van der Waals surface area contributed by atoms with Crippen molar-refractivity contribution in [1.82, 2.24) is 4.90 Å². The summed E-state index contributed by atoms with van der Waals surface area (Å²) in [6.45, 7) is 4.27. The fourth-order valence-corrected chi connectivity index (χ4v) is 3.24. The number of ether oxygens (including phenoxy) is 3. The topological polar surface area (TPSA) is 60.0 Å². The van der Waals surface area contributed by atoms with E-state index >= 15 is 0 Å². The zero-order chi connectivity index (χ0) is 19.2. The number of likely N-dealkylation sites (N-methyl/N-ethyl adjacent to an activating group) is 1. The molecule has 0 bridgehead atoms. The highest BCUT2D eigenvalue weighted by Gasteiger charge is 2.19. The van der Waals surface area contributed by atoms with Crippen molar-refractivity contribution in [2.75, 3.05) is 32.3 Å². The Morgan fingerprint density at radius 2 is 2.07 bits per heavy atom. The molecule has 2 aromatic rings. The lowest BCUT2D eigenvalue weighted by Crippen LogP contribution is -2.33. The third kappa shape index (κ3) is 5.13. The maximum atomic E-state index is 12.4. The van der Waals surface area contributed by atoms with Gasteiger partial charge in [-0.3, -0.25) is 9.69 Å². The van der Waals surface area contributed by atoms with Crippen molar-refractivity contribution in [2.24, 2.45) is 0 Å². The van der Waals surface area contributed by atoms with Crippen molar-refractivity contribution in [1.29, 1.82) is 0 Å². The molecule has 0 saturated heterocycles. The average molecular weight is 391 g/mol. The summed E-state index contributed by atoms with van der Waals surface area (Å²) in [4.78, 5) is 14.5. The highest BCUT2D eigenvalue weighted by molar-refractivity contribution is 6.30. The van der Waals surface area contributed by atoms with Crippen LogP contribution in [0.2, 0.25) is 5.02 Å². The number of rotatable bonds is 7. The van der Waals surface area contributed by atoms with Crippen LogP contribution in [0.4, 0.5) is 5.69 Å². The lowest BCUT2D eigenvalue weighted by atomic mass is 10.1. The summed E-state index contributed by atoms with van der Waals surface area (Å²) < 4.78 is 16.1. The number of amides is 1. The van der Waals surface area contributed by atoms with E-state index in [0.717, 1.165) is 28.3 Å². The van der Waals surface area contributed by atoms with Gasteiger partial charge in [-0.1, -0.05) is 18.5 Å². The third-order valence-corrected chi connectivity index (χ3v) is 4.55. The van der Waals surface area contributed by atoms with Gasteiger partial charge in [0.1, 0.15) is 11.5 Å². The second-order valence-electron chi connectivity index (χ2n) is 6.24. The summed E-state index contributed by atoms with van der Waals surface area (Å²) in [6.07, 6.45) is 0. The van der Waals surface area contributed by atoms with E-state index in [1.165, 1.54) is 0 Å². The Kier molecular flexibility index (Phi) is 6.55. The maximum Gasteiger partial charge on any atom is 0.238 e. The molecule has 2 aromatic carbocycles. The van der Waals surface area contributed by atoms with Crippen molar-refractivity contribution >= 4 is 23.2 Å². The Morgan fingerprint density at radius 3 is 2.78 bits per heavy atom. The van der Waals surface area contributed by atoms with E-state index < -0.39 is 0 Å². The molecule has 1 aliphatic rings. The smallest absolute Gasteiger partial charge is 0.238 e. The SMILES string of the molecule is CCN(CC(=O)Nc1ccc(OC)cc1)Cc1cc(Cl)cc2c1OCOC2. The molecule has 0 radical (unpaired) electrons. The molecule has 1 aliphatic heterocycles. The molecule has 0 aliphatic carbocycles. The van der Waals surface area contributed by atoms with E-state index in [1.807, 2.05) is 48.2 Å². The van der Waals surface area contributed by atoms with Gasteiger partial charge >= 0.3 is 0 Å². The van der Waals surface area contributed by atoms with Gasteiger partial charge in [0.05, 0.1) is 20.3 Å². The Hall–Kier alpha value is -2.28. The first-order valence-electron chi connectivity index (χ1n) is 8.77. The number of halogens is 1. The molecule has 144 valence electrons. The normalized spacial score (nSPS) is 13.0. The van der Waals surface area contributed by atoms with Crippen molar-refractivity contribution in [3.8, 4) is 11.5 Å². The van der Waals surface area contributed by atoms with Crippen molar-refractivity contribution in [2.45, 2.75) is 20.1 Å². The Balaban J connectivity index is 1.65. The molecule has 0 aromatic heterocycles. The molecule has 1 N–H and O–H groups in total. The Morgan fingerprint density at radius 1 is 1.30 bits per heavy atom. The molecule has 0 unspecified atom stereocenters. The van der Waals surface area contributed by atoms with Crippen molar-refractivity contribution < 1.29 is 19.0 Å². The molecular weight excluding hydrogens is 368 g/mol. The summed E-state index contributed by atoms with van der Waals surface area (Å²) in [7, 11) is 1.61. The van der Waals surface area contributed by atoms with Gasteiger partial charge in [0.2, 0.25) is 5.91 Å². The monoisotopic (exact) mass is 390 g/mol. The van der Waals surface area contributed by atoms with E-state index in [-0.39, 0.29) is 19.2 Å². The number of anilines is 1. The summed E-state index contributed by atoms with van der Waals surface area (Å²) in [6, 6.07) is 11.0. The second-order valence-corrected chi connectivity index (χ2v) is 6.68. The van der Waals surface area contributed by atoms with Gasteiger partial charge in [-0.15, -0.1) is 0 Å². The first kappa shape index (κ1) is 19.5. The van der Waals surface area contributed by atoms with Crippen LogP contribution in [0.25, 0.3) is 0 Å². The molecular formula is C20H23ClN2O4. The summed E-state index contributed by atoms with van der Waals surface area (Å²) in [5.41, 5.74) is 2.62. The van der Waals surface area contributed by atoms with Crippen LogP contribution >= 0.6 is 11.6 Å². The fourth-order valence-electron chi connectivity index (χ4n) is 2.97. The van der Waals surface area contributed by atoms with Gasteiger partial charge in [-0.05, 0) is 42.9 Å². The molecule has 6 nitrogen and oxygen atoms in total. The van der Waals surface area contributed by atoms with Gasteiger partial charge in [-0.25, -0.2) is 0 Å². The lowest BCUT2D eigenvalue weighted by Gasteiger charge is -2.25. The fraction of sp³-hybridized carbons (Fsp3) is 0.350.